The van der Waals surface area contributed by atoms with Crippen molar-refractivity contribution in [3.05, 3.63) is 0 Å². The molecule has 0 radical (unpaired) electrons. The molecule has 0 aromatic heterocycles. The van der Waals surface area contributed by atoms with Crippen LogP contribution in [0.25, 0.3) is 0 Å². The van der Waals surface area contributed by atoms with Gasteiger partial charge in [0.05, 0.1) is 0 Å². The topological polar surface area (TPSA) is 3.24 Å². The summed E-state index contributed by atoms with van der Waals surface area (Å²) in [5.41, 5.74) is -0.397. The summed E-state index contributed by atoms with van der Waals surface area (Å²) < 4.78 is 14.7. The van der Waals surface area contributed by atoms with Crippen LogP contribution in [0.3, 0.4) is 0 Å². The molecule has 0 bridgehead atoms. The highest BCUT2D eigenvalue weighted by molar-refractivity contribution is 5.09. The normalized spacial score (nSPS) is 39.7. The van der Waals surface area contributed by atoms with Gasteiger partial charge in [0, 0.05) is 19.6 Å². The molecular formula is C16H28FN. The van der Waals surface area contributed by atoms with Crippen LogP contribution < -0.4 is 0 Å². The third-order valence-electron chi connectivity index (χ3n) is 5.53. The number of piperidine rings is 1. The van der Waals surface area contributed by atoms with Gasteiger partial charge in [-0.3, -0.25) is 4.90 Å². The Morgan fingerprint density at radius 3 is 2.11 bits per heavy atom. The van der Waals surface area contributed by atoms with Crippen LogP contribution in [0.5, 0.6) is 0 Å². The van der Waals surface area contributed by atoms with Gasteiger partial charge in [0.1, 0.15) is 5.67 Å². The summed E-state index contributed by atoms with van der Waals surface area (Å²) in [6.07, 6.45) is 5.05. The zero-order chi connectivity index (χ0) is 13.0. The lowest BCUT2D eigenvalue weighted by atomic mass is 9.85. The summed E-state index contributed by atoms with van der Waals surface area (Å²) in [5, 5.41) is 0. The van der Waals surface area contributed by atoms with Crippen LogP contribution in [0.15, 0.2) is 0 Å². The minimum absolute atomic E-state index is 0.458. The number of nitrogens with zero attached hydrogens (tertiary/aromatic N) is 1. The molecule has 0 aromatic carbocycles. The van der Waals surface area contributed by atoms with E-state index in [0.717, 1.165) is 63.1 Å². The summed E-state index contributed by atoms with van der Waals surface area (Å²) in [6, 6.07) is 0. The van der Waals surface area contributed by atoms with Crippen LogP contribution in [0.1, 0.15) is 52.9 Å². The molecule has 0 amide bonds. The molecule has 0 N–H and O–H groups in total. The molecule has 0 spiro atoms. The fraction of sp³-hybridized carbons (Fsp3) is 1.00. The van der Waals surface area contributed by atoms with E-state index in [9.17, 15) is 4.39 Å². The Bertz CT molecular complexity index is 302. The van der Waals surface area contributed by atoms with E-state index in [2.05, 4.69) is 25.7 Å². The standard InChI is InChI=1S/C16H28FN/c1-15(2,3)14-12-9-18(10-13(12)14)11-16(17)7-5-4-6-8-16/h12-14H,4-11H2,1-3H3. The predicted octanol–water partition coefficient (Wildman–Crippen LogP) is 3.88. The van der Waals surface area contributed by atoms with Crippen LogP contribution in [-0.2, 0) is 0 Å². The van der Waals surface area contributed by atoms with E-state index in [-0.39, 0.29) is 0 Å². The monoisotopic (exact) mass is 253 g/mol. The van der Waals surface area contributed by atoms with Crippen molar-refractivity contribution in [2.75, 3.05) is 19.6 Å². The molecule has 104 valence electrons. The molecule has 2 aliphatic carbocycles. The van der Waals surface area contributed by atoms with Crippen LogP contribution in [-0.4, -0.2) is 30.2 Å². The molecule has 2 saturated carbocycles. The van der Waals surface area contributed by atoms with E-state index in [1.54, 1.807) is 0 Å². The lowest BCUT2D eigenvalue weighted by Crippen LogP contribution is -2.41. The fourth-order valence-corrected chi connectivity index (χ4v) is 4.77. The molecular weight excluding hydrogens is 225 g/mol. The largest absolute Gasteiger partial charge is 0.300 e. The molecule has 2 unspecified atom stereocenters. The van der Waals surface area contributed by atoms with Gasteiger partial charge in [-0.1, -0.05) is 40.0 Å². The first kappa shape index (κ1) is 12.9. The van der Waals surface area contributed by atoms with Crippen molar-refractivity contribution in [2.24, 2.45) is 23.2 Å². The Kier molecular flexibility index (Phi) is 3.01. The fourth-order valence-electron chi connectivity index (χ4n) is 4.77. The number of fused-ring (bicyclic) bond motifs is 1. The molecule has 1 aliphatic heterocycles. The van der Waals surface area contributed by atoms with Gasteiger partial charge >= 0.3 is 0 Å². The third kappa shape index (κ3) is 2.33. The van der Waals surface area contributed by atoms with Crippen molar-refractivity contribution in [1.82, 2.24) is 4.90 Å². The summed E-state index contributed by atoms with van der Waals surface area (Å²) >= 11 is 0. The predicted molar refractivity (Wildman–Crippen MR) is 73.3 cm³/mol. The highest BCUT2D eigenvalue weighted by atomic mass is 19.1. The van der Waals surface area contributed by atoms with Crippen molar-refractivity contribution in [2.45, 2.75) is 58.5 Å². The highest BCUT2D eigenvalue weighted by Crippen LogP contribution is 2.60. The molecule has 18 heavy (non-hydrogen) atoms. The van der Waals surface area contributed by atoms with Gasteiger partial charge in [0.15, 0.2) is 0 Å². The summed E-state index contributed by atoms with van der Waals surface area (Å²) in [6.45, 7) is 10.1. The molecule has 3 rings (SSSR count). The molecule has 1 heterocycles. The van der Waals surface area contributed by atoms with Crippen molar-refractivity contribution in [1.29, 1.82) is 0 Å². The van der Waals surface area contributed by atoms with E-state index in [0.29, 0.717) is 5.41 Å². The Balaban J connectivity index is 1.51. The first-order valence-electron chi connectivity index (χ1n) is 7.80. The van der Waals surface area contributed by atoms with Crippen LogP contribution in [0.4, 0.5) is 4.39 Å². The number of hydrogen-bond acceptors (Lipinski definition) is 1. The summed E-state index contributed by atoms with van der Waals surface area (Å²) in [7, 11) is 0. The summed E-state index contributed by atoms with van der Waals surface area (Å²) in [4.78, 5) is 2.42. The summed E-state index contributed by atoms with van der Waals surface area (Å²) in [5.74, 6) is 2.64. The Hall–Kier alpha value is -0.110. The van der Waals surface area contributed by atoms with Crippen LogP contribution in [0.2, 0.25) is 0 Å². The molecule has 2 atom stereocenters. The van der Waals surface area contributed by atoms with Gasteiger partial charge < -0.3 is 0 Å². The Labute approximate surface area is 111 Å². The Morgan fingerprint density at radius 2 is 1.61 bits per heavy atom. The second kappa shape index (κ2) is 4.19. The molecule has 1 saturated heterocycles. The molecule has 1 nitrogen and oxygen atoms in total. The lowest BCUT2D eigenvalue weighted by Gasteiger charge is -2.34. The second-order valence-electron chi connectivity index (χ2n) is 8.13. The number of hydrogen-bond donors (Lipinski definition) is 0. The Morgan fingerprint density at radius 1 is 1.06 bits per heavy atom. The maximum absolute atomic E-state index is 14.7. The smallest absolute Gasteiger partial charge is 0.123 e. The number of alkyl halides is 1. The average Bonchev–Trinajstić information content (AvgIpc) is 2.79. The van der Waals surface area contributed by atoms with Gasteiger partial charge in [-0.05, 0) is 36.0 Å². The van der Waals surface area contributed by atoms with E-state index in [1.807, 2.05) is 0 Å². The molecule has 3 fully saturated rings. The van der Waals surface area contributed by atoms with Gasteiger partial charge in [-0.15, -0.1) is 0 Å². The molecule has 2 heteroatoms. The maximum atomic E-state index is 14.7. The zero-order valence-electron chi connectivity index (χ0n) is 12.2. The minimum atomic E-state index is -0.855. The number of halogens is 1. The van der Waals surface area contributed by atoms with E-state index >= 15 is 0 Å². The maximum Gasteiger partial charge on any atom is 0.123 e. The van der Waals surface area contributed by atoms with Gasteiger partial charge in [0.25, 0.3) is 0 Å². The first-order chi connectivity index (χ1) is 8.39. The van der Waals surface area contributed by atoms with Gasteiger partial charge in [-0.25, -0.2) is 4.39 Å². The van der Waals surface area contributed by atoms with Crippen LogP contribution >= 0.6 is 0 Å². The van der Waals surface area contributed by atoms with E-state index in [1.165, 1.54) is 6.42 Å². The number of rotatable bonds is 2. The van der Waals surface area contributed by atoms with Crippen molar-refractivity contribution in [3.63, 3.8) is 0 Å². The highest BCUT2D eigenvalue weighted by Gasteiger charge is 2.60. The average molecular weight is 253 g/mol. The van der Waals surface area contributed by atoms with Crippen molar-refractivity contribution < 1.29 is 4.39 Å². The number of likely N-dealkylation sites (tertiary alicyclic amines) is 1. The zero-order valence-corrected chi connectivity index (χ0v) is 12.2. The quantitative estimate of drug-likeness (QED) is 0.722. The second-order valence-corrected chi connectivity index (χ2v) is 8.13. The molecule has 3 aliphatic rings. The van der Waals surface area contributed by atoms with E-state index in [4.69, 9.17) is 0 Å². The SMILES string of the molecule is CC(C)(C)C1C2CN(CC3(F)CCCCC3)CC21. The molecule has 0 aromatic rings. The lowest BCUT2D eigenvalue weighted by molar-refractivity contribution is 0.0554. The van der Waals surface area contributed by atoms with Gasteiger partial charge in [-0.2, -0.15) is 0 Å². The van der Waals surface area contributed by atoms with Crippen LogP contribution in [0, 0.1) is 23.2 Å². The first-order valence-corrected chi connectivity index (χ1v) is 7.80. The van der Waals surface area contributed by atoms with Crippen molar-refractivity contribution >= 4 is 0 Å². The third-order valence-corrected chi connectivity index (χ3v) is 5.53. The van der Waals surface area contributed by atoms with Crippen molar-refractivity contribution in [3.8, 4) is 0 Å². The van der Waals surface area contributed by atoms with E-state index < -0.39 is 5.67 Å². The van der Waals surface area contributed by atoms with Gasteiger partial charge in [0.2, 0.25) is 0 Å². The minimum Gasteiger partial charge on any atom is -0.300 e.